The molecule has 4 nitrogen and oxygen atoms in total. The van der Waals surface area contributed by atoms with E-state index in [9.17, 15) is 0 Å². The van der Waals surface area contributed by atoms with Crippen LogP contribution in [0.15, 0.2) is 12.2 Å². The Bertz CT molecular complexity index is 251. The lowest BCUT2D eigenvalue weighted by atomic mass is 9.84. The van der Waals surface area contributed by atoms with Gasteiger partial charge in [-0.1, -0.05) is 12.5 Å². The van der Waals surface area contributed by atoms with E-state index in [1.54, 1.807) is 0 Å². The van der Waals surface area contributed by atoms with Gasteiger partial charge in [-0.2, -0.15) is 0 Å². The first-order valence-electron chi connectivity index (χ1n) is 6.48. The highest BCUT2D eigenvalue weighted by molar-refractivity contribution is 5.03. The molecule has 17 heavy (non-hydrogen) atoms. The standard InChI is InChI=1S/C13H27N3O/c1-5-13(4,12(15-14)10-11(2)3)16-6-8-17-9-7-16/h12,15H,2,5-10,14H2,1,3-4H3. The number of hydrazine groups is 1. The van der Waals surface area contributed by atoms with Gasteiger partial charge in [-0.05, 0) is 26.7 Å². The minimum Gasteiger partial charge on any atom is -0.379 e. The number of nitrogens with zero attached hydrogens (tertiary/aromatic N) is 1. The van der Waals surface area contributed by atoms with E-state index in [-0.39, 0.29) is 11.6 Å². The van der Waals surface area contributed by atoms with Gasteiger partial charge in [-0.15, -0.1) is 6.58 Å². The molecule has 1 rings (SSSR count). The molecule has 100 valence electrons. The third kappa shape index (κ3) is 3.52. The fraction of sp³-hybridized carbons (Fsp3) is 0.846. The van der Waals surface area contributed by atoms with Gasteiger partial charge in [0.1, 0.15) is 0 Å². The maximum Gasteiger partial charge on any atom is 0.0594 e. The van der Waals surface area contributed by atoms with Crippen LogP contribution in [0.4, 0.5) is 0 Å². The number of ether oxygens (including phenoxy) is 1. The summed E-state index contributed by atoms with van der Waals surface area (Å²) in [6, 6.07) is 0.239. The molecule has 0 aromatic rings. The lowest BCUT2D eigenvalue weighted by molar-refractivity contribution is -0.0322. The Morgan fingerprint density at radius 2 is 2.12 bits per heavy atom. The van der Waals surface area contributed by atoms with Crippen molar-refractivity contribution in [1.82, 2.24) is 10.3 Å². The Labute approximate surface area is 105 Å². The molecule has 0 bridgehead atoms. The number of hydrogen-bond donors (Lipinski definition) is 2. The smallest absolute Gasteiger partial charge is 0.0594 e. The van der Waals surface area contributed by atoms with Gasteiger partial charge in [-0.3, -0.25) is 16.2 Å². The summed E-state index contributed by atoms with van der Waals surface area (Å²) in [6.07, 6.45) is 1.98. The van der Waals surface area contributed by atoms with Crippen LogP contribution in [0.2, 0.25) is 0 Å². The first kappa shape index (κ1) is 14.6. The molecule has 2 unspecified atom stereocenters. The lowest BCUT2D eigenvalue weighted by Gasteiger charge is -2.47. The second-order valence-electron chi connectivity index (χ2n) is 5.19. The quantitative estimate of drug-likeness (QED) is 0.418. The average molecular weight is 241 g/mol. The Hall–Kier alpha value is -0.420. The van der Waals surface area contributed by atoms with Crippen molar-refractivity contribution >= 4 is 0 Å². The van der Waals surface area contributed by atoms with Crippen LogP contribution in [0, 0.1) is 0 Å². The zero-order valence-electron chi connectivity index (χ0n) is 11.5. The SMILES string of the molecule is C=C(C)CC(NN)C(C)(CC)N1CCOCC1. The molecule has 0 aliphatic carbocycles. The summed E-state index contributed by atoms with van der Waals surface area (Å²) in [4.78, 5) is 2.49. The molecule has 0 radical (unpaired) electrons. The molecule has 2 atom stereocenters. The fourth-order valence-electron chi connectivity index (χ4n) is 2.57. The van der Waals surface area contributed by atoms with E-state index in [1.807, 2.05) is 0 Å². The van der Waals surface area contributed by atoms with Gasteiger partial charge in [0.05, 0.1) is 13.2 Å². The zero-order chi connectivity index (χ0) is 12.9. The van der Waals surface area contributed by atoms with E-state index in [0.29, 0.717) is 0 Å². The molecular weight excluding hydrogens is 214 g/mol. The normalized spacial score (nSPS) is 23.1. The number of rotatable bonds is 6. The molecule has 1 fully saturated rings. The summed E-state index contributed by atoms with van der Waals surface area (Å²) in [5.41, 5.74) is 4.21. The van der Waals surface area contributed by atoms with E-state index >= 15 is 0 Å². The van der Waals surface area contributed by atoms with Gasteiger partial charge >= 0.3 is 0 Å². The van der Waals surface area contributed by atoms with Gasteiger partial charge in [0, 0.05) is 24.7 Å². The minimum absolute atomic E-state index is 0.0669. The molecule has 0 saturated carbocycles. The summed E-state index contributed by atoms with van der Waals surface area (Å²) in [5, 5.41) is 0. The van der Waals surface area contributed by atoms with E-state index < -0.39 is 0 Å². The van der Waals surface area contributed by atoms with Crippen LogP contribution in [0.5, 0.6) is 0 Å². The number of morpholine rings is 1. The van der Waals surface area contributed by atoms with Crippen molar-refractivity contribution in [2.45, 2.75) is 45.2 Å². The monoisotopic (exact) mass is 241 g/mol. The molecule has 1 heterocycles. The van der Waals surface area contributed by atoms with Crippen LogP contribution in [0.25, 0.3) is 0 Å². The highest BCUT2D eigenvalue weighted by atomic mass is 16.5. The zero-order valence-corrected chi connectivity index (χ0v) is 11.5. The largest absolute Gasteiger partial charge is 0.379 e. The average Bonchev–Trinajstić information content (AvgIpc) is 2.35. The Morgan fingerprint density at radius 1 is 1.53 bits per heavy atom. The molecule has 0 aromatic heterocycles. The maximum absolute atomic E-state index is 5.74. The summed E-state index contributed by atoms with van der Waals surface area (Å²) < 4.78 is 5.42. The topological polar surface area (TPSA) is 50.5 Å². The Kier molecular flexibility index (Phi) is 5.59. The predicted octanol–water partition coefficient (Wildman–Crippen LogP) is 1.29. The Balaban J connectivity index is 2.78. The summed E-state index contributed by atoms with van der Waals surface area (Å²) >= 11 is 0. The third-order valence-electron chi connectivity index (χ3n) is 3.95. The van der Waals surface area contributed by atoms with Crippen molar-refractivity contribution in [2.75, 3.05) is 26.3 Å². The van der Waals surface area contributed by atoms with Crippen molar-refractivity contribution < 1.29 is 4.74 Å². The highest BCUT2D eigenvalue weighted by Crippen LogP contribution is 2.27. The van der Waals surface area contributed by atoms with Gasteiger partial charge in [0.15, 0.2) is 0 Å². The lowest BCUT2D eigenvalue weighted by Crippen LogP contribution is -2.63. The number of nitrogens with one attached hydrogen (secondary N) is 1. The minimum atomic E-state index is 0.0669. The first-order chi connectivity index (χ1) is 8.04. The predicted molar refractivity (Wildman–Crippen MR) is 71.6 cm³/mol. The molecule has 0 amide bonds. The van der Waals surface area contributed by atoms with Crippen molar-refractivity contribution in [3.05, 3.63) is 12.2 Å². The van der Waals surface area contributed by atoms with Crippen molar-refractivity contribution in [3.8, 4) is 0 Å². The molecule has 0 aromatic carbocycles. The van der Waals surface area contributed by atoms with Crippen LogP contribution in [-0.2, 0) is 4.74 Å². The van der Waals surface area contributed by atoms with Gasteiger partial charge < -0.3 is 4.74 Å². The van der Waals surface area contributed by atoms with E-state index in [1.165, 1.54) is 5.57 Å². The highest BCUT2D eigenvalue weighted by Gasteiger charge is 2.38. The van der Waals surface area contributed by atoms with Crippen LogP contribution < -0.4 is 11.3 Å². The Morgan fingerprint density at radius 3 is 2.53 bits per heavy atom. The molecule has 1 saturated heterocycles. The second kappa shape index (κ2) is 6.50. The van der Waals surface area contributed by atoms with Crippen LogP contribution in [0.3, 0.4) is 0 Å². The molecule has 4 heteroatoms. The summed E-state index contributed by atoms with van der Waals surface area (Å²) in [7, 11) is 0. The van der Waals surface area contributed by atoms with Gasteiger partial charge in [-0.25, -0.2) is 0 Å². The molecule has 1 aliphatic rings. The van der Waals surface area contributed by atoms with Crippen LogP contribution in [0.1, 0.15) is 33.6 Å². The van der Waals surface area contributed by atoms with Crippen LogP contribution in [-0.4, -0.2) is 42.8 Å². The maximum atomic E-state index is 5.74. The van der Waals surface area contributed by atoms with Crippen molar-refractivity contribution in [2.24, 2.45) is 5.84 Å². The van der Waals surface area contributed by atoms with Gasteiger partial charge in [0.25, 0.3) is 0 Å². The number of nitrogens with two attached hydrogens (primary N) is 1. The van der Waals surface area contributed by atoms with E-state index in [0.717, 1.165) is 39.1 Å². The third-order valence-corrected chi connectivity index (χ3v) is 3.95. The first-order valence-corrected chi connectivity index (χ1v) is 6.48. The molecule has 1 aliphatic heterocycles. The second-order valence-corrected chi connectivity index (χ2v) is 5.19. The van der Waals surface area contributed by atoms with Crippen molar-refractivity contribution in [3.63, 3.8) is 0 Å². The van der Waals surface area contributed by atoms with Crippen LogP contribution >= 0.6 is 0 Å². The van der Waals surface area contributed by atoms with E-state index in [2.05, 4.69) is 37.7 Å². The molecule has 3 N–H and O–H groups in total. The molecular formula is C13H27N3O. The number of hydrogen-bond acceptors (Lipinski definition) is 4. The van der Waals surface area contributed by atoms with Gasteiger partial charge in [0.2, 0.25) is 0 Å². The molecule has 0 spiro atoms. The fourth-order valence-corrected chi connectivity index (χ4v) is 2.57. The summed E-state index contributed by atoms with van der Waals surface area (Å²) in [5.74, 6) is 5.74. The van der Waals surface area contributed by atoms with E-state index in [4.69, 9.17) is 10.6 Å². The summed E-state index contributed by atoms with van der Waals surface area (Å²) in [6.45, 7) is 14.2. The van der Waals surface area contributed by atoms with Crippen molar-refractivity contribution in [1.29, 1.82) is 0 Å².